The predicted molar refractivity (Wildman–Crippen MR) is 77.2 cm³/mol. The van der Waals surface area contributed by atoms with Crippen LogP contribution in [0, 0.1) is 0 Å². The number of aryl methyl sites for hydroxylation is 1. The van der Waals surface area contributed by atoms with E-state index in [1.807, 2.05) is 19.2 Å². The molecule has 102 valence electrons. The molecule has 0 radical (unpaired) electrons. The quantitative estimate of drug-likeness (QED) is 0.916. The second-order valence-corrected chi connectivity index (χ2v) is 5.02. The van der Waals surface area contributed by atoms with Crippen molar-refractivity contribution >= 4 is 15.9 Å². The van der Waals surface area contributed by atoms with E-state index in [4.69, 9.17) is 4.74 Å². The lowest BCUT2D eigenvalue weighted by Gasteiger charge is -2.19. The van der Waals surface area contributed by atoms with Crippen molar-refractivity contribution in [2.24, 2.45) is 7.05 Å². The molecule has 0 aliphatic carbocycles. The van der Waals surface area contributed by atoms with Gasteiger partial charge in [0, 0.05) is 7.05 Å². The fraction of sp³-hybridized carbons (Fsp3) is 0.385. The monoisotopic (exact) mass is 324 g/mol. The van der Waals surface area contributed by atoms with Gasteiger partial charge in [-0.3, -0.25) is 4.68 Å². The minimum absolute atomic E-state index is 0.0622. The van der Waals surface area contributed by atoms with Gasteiger partial charge in [-0.1, -0.05) is 18.2 Å². The van der Waals surface area contributed by atoms with Crippen molar-refractivity contribution in [3.8, 4) is 5.75 Å². The molecular formula is C13H17BrN4O. The molecular weight excluding hydrogens is 308 g/mol. The molecule has 0 fully saturated rings. The van der Waals surface area contributed by atoms with Gasteiger partial charge >= 0.3 is 0 Å². The number of ether oxygens (including phenoxy) is 1. The first-order valence-electron chi connectivity index (χ1n) is 6.08. The normalized spacial score (nSPS) is 12.4. The van der Waals surface area contributed by atoms with Gasteiger partial charge < -0.3 is 10.1 Å². The number of methoxy groups -OCH3 is 1. The van der Waals surface area contributed by atoms with Crippen LogP contribution in [0.15, 0.2) is 28.9 Å². The van der Waals surface area contributed by atoms with Gasteiger partial charge in [0.05, 0.1) is 29.5 Å². The molecule has 1 aromatic carbocycles. The maximum Gasteiger partial charge on any atom is 0.133 e. The summed E-state index contributed by atoms with van der Waals surface area (Å²) in [5.74, 6) is 0.821. The van der Waals surface area contributed by atoms with Crippen molar-refractivity contribution < 1.29 is 4.74 Å². The van der Waals surface area contributed by atoms with Crippen LogP contribution in [-0.2, 0) is 7.05 Å². The van der Waals surface area contributed by atoms with Crippen LogP contribution in [-0.4, -0.2) is 28.6 Å². The van der Waals surface area contributed by atoms with E-state index in [1.54, 1.807) is 18.0 Å². The largest absolute Gasteiger partial charge is 0.496 e. The summed E-state index contributed by atoms with van der Waals surface area (Å²) in [6.45, 7) is 2.94. The topological polar surface area (TPSA) is 52.0 Å². The highest BCUT2D eigenvalue weighted by Crippen LogP contribution is 2.30. The van der Waals surface area contributed by atoms with Crippen LogP contribution in [0.1, 0.15) is 24.2 Å². The van der Waals surface area contributed by atoms with E-state index in [0.29, 0.717) is 0 Å². The fourth-order valence-corrected chi connectivity index (χ4v) is 2.58. The van der Waals surface area contributed by atoms with E-state index in [-0.39, 0.29) is 6.04 Å². The zero-order chi connectivity index (χ0) is 13.8. The Morgan fingerprint density at radius 2 is 2.26 bits per heavy atom. The third-order valence-corrected chi connectivity index (χ3v) is 3.58. The molecule has 1 N–H and O–H groups in total. The Hall–Kier alpha value is -1.40. The molecule has 0 saturated carbocycles. The molecule has 5 nitrogen and oxygen atoms in total. The highest BCUT2D eigenvalue weighted by molar-refractivity contribution is 9.10. The van der Waals surface area contributed by atoms with Crippen molar-refractivity contribution in [2.45, 2.75) is 13.0 Å². The standard InChI is InChI=1S/C13H17BrN4O/c1-4-15-13(11-8-16-17-18(11)2)9-5-6-12(19-3)10(14)7-9/h5-8,13,15H,4H2,1-3H3. The number of benzene rings is 1. The summed E-state index contributed by atoms with van der Waals surface area (Å²) >= 11 is 3.52. The van der Waals surface area contributed by atoms with E-state index < -0.39 is 0 Å². The van der Waals surface area contributed by atoms with E-state index in [1.165, 1.54) is 0 Å². The summed E-state index contributed by atoms with van der Waals surface area (Å²) in [7, 11) is 3.55. The Balaban J connectivity index is 2.39. The van der Waals surface area contributed by atoms with E-state index in [0.717, 1.165) is 28.0 Å². The summed E-state index contributed by atoms with van der Waals surface area (Å²) in [6.07, 6.45) is 1.78. The lowest BCUT2D eigenvalue weighted by molar-refractivity contribution is 0.411. The summed E-state index contributed by atoms with van der Waals surface area (Å²) in [5, 5.41) is 11.4. The number of halogens is 1. The zero-order valence-corrected chi connectivity index (χ0v) is 12.8. The van der Waals surface area contributed by atoms with Gasteiger partial charge in [-0.05, 0) is 40.2 Å². The van der Waals surface area contributed by atoms with Crippen LogP contribution in [0.25, 0.3) is 0 Å². The van der Waals surface area contributed by atoms with Gasteiger partial charge in [0.25, 0.3) is 0 Å². The van der Waals surface area contributed by atoms with Crippen LogP contribution >= 0.6 is 15.9 Å². The Labute approximate surface area is 121 Å². The molecule has 0 spiro atoms. The molecule has 0 aliphatic heterocycles. The Morgan fingerprint density at radius 1 is 1.47 bits per heavy atom. The van der Waals surface area contributed by atoms with Crippen molar-refractivity contribution in [1.29, 1.82) is 0 Å². The second-order valence-electron chi connectivity index (χ2n) is 4.17. The van der Waals surface area contributed by atoms with Gasteiger partial charge in [-0.15, -0.1) is 5.10 Å². The lowest BCUT2D eigenvalue weighted by Crippen LogP contribution is -2.24. The van der Waals surface area contributed by atoms with Gasteiger partial charge in [0.15, 0.2) is 0 Å². The predicted octanol–water partition coefficient (Wildman–Crippen LogP) is 2.29. The summed E-state index contributed by atoms with van der Waals surface area (Å²) in [6, 6.07) is 6.11. The number of hydrogen-bond acceptors (Lipinski definition) is 4. The number of nitrogens with zero attached hydrogens (tertiary/aromatic N) is 3. The van der Waals surface area contributed by atoms with E-state index in [2.05, 4.69) is 44.5 Å². The van der Waals surface area contributed by atoms with Crippen molar-refractivity contribution in [3.63, 3.8) is 0 Å². The minimum Gasteiger partial charge on any atom is -0.496 e. The van der Waals surface area contributed by atoms with Gasteiger partial charge in [0.2, 0.25) is 0 Å². The third kappa shape index (κ3) is 2.96. The molecule has 1 atom stereocenters. The van der Waals surface area contributed by atoms with Crippen molar-refractivity contribution in [2.75, 3.05) is 13.7 Å². The summed E-state index contributed by atoms with van der Waals surface area (Å²) in [4.78, 5) is 0. The highest BCUT2D eigenvalue weighted by atomic mass is 79.9. The molecule has 0 aliphatic rings. The average Bonchev–Trinajstić information content (AvgIpc) is 2.82. The Morgan fingerprint density at radius 3 is 2.79 bits per heavy atom. The van der Waals surface area contributed by atoms with Crippen LogP contribution in [0.3, 0.4) is 0 Å². The molecule has 0 saturated heterocycles. The molecule has 19 heavy (non-hydrogen) atoms. The fourth-order valence-electron chi connectivity index (χ4n) is 2.02. The molecule has 2 aromatic rings. The number of rotatable bonds is 5. The van der Waals surface area contributed by atoms with Gasteiger partial charge in [0.1, 0.15) is 5.75 Å². The molecule has 1 heterocycles. The first kappa shape index (κ1) is 14.0. The van der Waals surface area contributed by atoms with Crippen molar-refractivity contribution in [3.05, 3.63) is 40.1 Å². The van der Waals surface area contributed by atoms with Crippen LogP contribution < -0.4 is 10.1 Å². The molecule has 0 amide bonds. The van der Waals surface area contributed by atoms with Crippen LogP contribution in [0.4, 0.5) is 0 Å². The van der Waals surface area contributed by atoms with E-state index in [9.17, 15) is 0 Å². The summed E-state index contributed by atoms with van der Waals surface area (Å²) < 4.78 is 7.98. The number of nitrogens with one attached hydrogen (secondary N) is 1. The van der Waals surface area contributed by atoms with E-state index >= 15 is 0 Å². The molecule has 1 unspecified atom stereocenters. The second kappa shape index (κ2) is 6.16. The van der Waals surface area contributed by atoms with Crippen molar-refractivity contribution in [1.82, 2.24) is 20.3 Å². The van der Waals surface area contributed by atoms with Gasteiger partial charge in [-0.25, -0.2) is 0 Å². The maximum atomic E-state index is 5.26. The summed E-state index contributed by atoms with van der Waals surface area (Å²) in [5.41, 5.74) is 2.17. The zero-order valence-electron chi connectivity index (χ0n) is 11.2. The first-order valence-corrected chi connectivity index (χ1v) is 6.88. The lowest BCUT2D eigenvalue weighted by atomic mass is 10.0. The average molecular weight is 325 g/mol. The van der Waals surface area contributed by atoms with Crippen LogP contribution in [0.5, 0.6) is 5.75 Å². The maximum absolute atomic E-state index is 5.26. The SMILES string of the molecule is CCNC(c1ccc(OC)c(Br)c1)c1cnnn1C. The Bertz CT molecular complexity index is 555. The number of aromatic nitrogens is 3. The smallest absolute Gasteiger partial charge is 0.133 e. The Kier molecular flexibility index (Phi) is 4.55. The van der Waals surface area contributed by atoms with Gasteiger partial charge in [-0.2, -0.15) is 0 Å². The molecule has 2 rings (SSSR count). The van der Waals surface area contributed by atoms with Crippen LogP contribution in [0.2, 0.25) is 0 Å². The molecule has 1 aromatic heterocycles. The molecule has 0 bridgehead atoms. The third-order valence-electron chi connectivity index (χ3n) is 2.96. The highest BCUT2D eigenvalue weighted by Gasteiger charge is 2.18. The molecule has 6 heteroatoms. The first-order chi connectivity index (χ1) is 9.17. The minimum atomic E-state index is 0.0622. The number of hydrogen-bond donors (Lipinski definition) is 1.